The van der Waals surface area contributed by atoms with Crippen LogP contribution < -0.4 is 4.74 Å². The lowest BCUT2D eigenvalue weighted by molar-refractivity contribution is -0.118. The molecule has 1 saturated heterocycles. The molecule has 1 aliphatic heterocycles. The molecule has 0 N–H and O–H groups in total. The molecule has 2 fully saturated rings. The van der Waals surface area contributed by atoms with E-state index in [-0.39, 0.29) is 0 Å². The van der Waals surface area contributed by atoms with Crippen molar-refractivity contribution in [2.45, 2.75) is 43.9 Å². The van der Waals surface area contributed by atoms with E-state index in [9.17, 15) is 4.79 Å². The molecule has 1 spiro atoms. The summed E-state index contributed by atoms with van der Waals surface area (Å²) >= 11 is 1.78. The van der Waals surface area contributed by atoms with Crippen LogP contribution in [0.5, 0.6) is 5.88 Å². The average Bonchev–Trinajstić information content (AvgIpc) is 2.84. The van der Waals surface area contributed by atoms with Gasteiger partial charge in [0.2, 0.25) is 5.88 Å². The van der Waals surface area contributed by atoms with Crippen molar-refractivity contribution in [1.82, 2.24) is 9.29 Å². The highest BCUT2D eigenvalue weighted by atomic mass is 32.2. The van der Waals surface area contributed by atoms with Gasteiger partial charge in [-0.25, -0.2) is 9.29 Å². The zero-order chi connectivity index (χ0) is 14.9. The summed E-state index contributed by atoms with van der Waals surface area (Å²) in [4.78, 5) is 17.2. The number of hydrogen-bond donors (Lipinski definition) is 0. The molecule has 114 valence electrons. The summed E-state index contributed by atoms with van der Waals surface area (Å²) in [5.74, 6) is 1.13. The van der Waals surface area contributed by atoms with Crippen molar-refractivity contribution < 1.29 is 9.53 Å². The zero-order valence-electron chi connectivity index (χ0n) is 12.7. The molecule has 21 heavy (non-hydrogen) atoms. The number of hydrogen-bond acceptors (Lipinski definition) is 5. The molecule has 0 atom stereocenters. The van der Waals surface area contributed by atoms with E-state index in [0.717, 1.165) is 50.9 Å². The lowest BCUT2D eigenvalue weighted by Gasteiger charge is -2.38. The van der Waals surface area contributed by atoms with E-state index in [1.165, 1.54) is 4.90 Å². The van der Waals surface area contributed by atoms with Gasteiger partial charge in [0.15, 0.2) is 0 Å². The first-order valence-electron chi connectivity index (χ1n) is 7.56. The first-order chi connectivity index (χ1) is 10.1. The molecule has 2 heterocycles. The summed E-state index contributed by atoms with van der Waals surface area (Å²) in [6.07, 6.45) is 5.01. The molecule has 1 saturated carbocycles. The van der Waals surface area contributed by atoms with Crippen molar-refractivity contribution in [3.05, 3.63) is 17.8 Å². The van der Waals surface area contributed by atoms with Crippen molar-refractivity contribution in [3.8, 4) is 5.88 Å². The molecule has 0 radical (unpaired) electrons. The number of rotatable bonds is 3. The van der Waals surface area contributed by atoms with Crippen LogP contribution in [0.3, 0.4) is 0 Å². The number of pyridine rings is 1. The smallest absolute Gasteiger partial charge is 0.213 e. The molecule has 5 heteroatoms. The summed E-state index contributed by atoms with van der Waals surface area (Å²) in [5.41, 5.74) is 1.33. The van der Waals surface area contributed by atoms with Crippen LogP contribution in [-0.4, -0.2) is 35.3 Å². The van der Waals surface area contributed by atoms with Gasteiger partial charge in [-0.2, -0.15) is 0 Å². The van der Waals surface area contributed by atoms with E-state index in [1.807, 2.05) is 13.0 Å². The predicted molar refractivity (Wildman–Crippen MR) is 83.5 cm³/mol. The third-order valence-corrected chi connectivity index (χ3v) is 5.99. The normalized spacial score (nSPS) is 21.9. The second-order valence-corrected chi connectivity index (χ2v) is 7.31. The maximum Gasteiger partial charge on any atom is 0.213 e. The Bertz CT molecular complexity index is 539. The van der Waals surface area contributed by atoms with E-state index >= 15 is 0 Å². The van der Waals surface area contributed by atoms with Crippen LogP contribution in [0.2, 0.25) is 0 Å². The number of aryl methyl sites for hydroxylation is 1. The Labute approximate surface area is 130 Å². The highest BCUT2D eigenvalue weighted by Crippen LogP contribution is 2.46. The third-order valence-electron chi connectivity index (χ3n) is 4.74. The molecule has 3 rings (SSSR count). The lowest BCUT2D eigenvalue weighted by Crippen LogP contribution is -2.35. The molecule has 1 aromatic rings. The van der Waals surface area contributed by atoms with Gasteiger partial charge in [-0.1, -0.05) is 0 Å². The maximum absolute atomic E-state index is 11.6. The number of nitrogens with zero attached hydrogens (tertiary/aromatic N) is 2. The SMILES string of the molecule is COc1ccc(SN2CCC3(CCC(=O)C3)CC2)c(C)n1. The molecule has 4 nitrogen and oxygen atoms in total. The van der Waals surface area contributed by atoms with Crippen molar-refractivity contribution in [1.29, 1.82) is 0 Å². The van der Waals surface area contributed by atoms with Crippen LogP contribution in [0, 0.1) is 12.3 Å². The van der Waals surface area contributed by atoms with E-state index in [4.69, 9.17) is 4.74 Å². The molecular formula is C16H22N2O2S. The fraction of sp³-hybridized carbons (Fsp3) is 0.625. The molecule has 0 bridgehead atoms. The zero-order valence-corrected chi connectivity index (χ0v) is 13.5. The summed E-state index contributed by atoms with van der Waals surface area (Å²) in [7, 11) is 1.64. The van der Waals surface area contributed by atoms with Gasteiger partial charge >= 0.3 is 0 Å². The standard InChI is InChI=1S/C16H22N2O2S/c1-12-14(3-4-15(17-12)20-2)21-18-9-7-16(8-10-18)6-5-13(19)11-16/h3-4H,5-11H2,1-2H3. The Morgan fingerprint density at radius 1 is 1.29 bits per heavy atom. The van der Waals surface area contributed by atoms with Gasteiger partial charge in [0, 0.05) is 36.9 Å². The van der Waals surface area contributed by atoms with Gasteiger partial charge in [0.05, 0.1) is 12.8 Å². The second-order valence-electron chi connectivity index (χ2n) is 6.17. The van der Waals surface area contributed by atoms with E-state index in [1.54, 1.807) is 19.1 Å². The van der Waals surface area contributed by atoms with Gasteiger partial charge in [-0.3, -0.25) is 4.79 Å². The van der Waals surface area contributed by atoms with Crippen molar-refractivity contribution in [2.75, 3.05) is 20.2 Å². The van der Waals surface area contributed by atoms with E-state index in [0.29, 0.717) is 17.1 Å². The minimum Gasteiger partial charge on any atom is -0.481 e. The third kappa shape index (κ3) is 3.24. The van der Waals surface area contributed by atoms with Gasteiger partial charge in [0.25, 0.3) is 0 Å². The number of piperidine rings is 1. The molecule has 0 unspecified atom stereocenters. The number of Topliss-reactive ketones (excluding diaryl/α,β-unsaturated/α-hetero) is 1. The number of aromatic nitrogens is 1. The minimum atomic E-state index is 0.321. The quantitative estimate of drug-likeness (QED) is 0.802. The maximum atomic E-state index is 11.6. The van der Waals surface area contributed by atoms with Crippen LogP contribution in [0.1, 0.15) is 37.8 Å². The number of carbonyl (C=O) groups is 1. The number of ketones is 1. The first kappa shape index (κ1) is 14.9. The van der Waals surface area contributed by atoms with E-state index in [2.05, 4.69) is 15.4 Å². The van der Waals surface area contributed by atoms with Crippen molar-refractivity contribution >= 4 is 17.7 Å². The molecule has 0 amide bonds. The number of methoxy groups -OCH3 is 1. The summed E-state index contributed by atoms with van der Waals surface area (Å²) in [5, 5.41) is 0. The van der Waals surface area contributed by atoms with Crippen LogP contribution in [-0.2, 0) is 4.79 Å². The van der Waals surface area contributed by atoms with Crippen LogP contribution >= 0.6 is 11.9 Å². The number of ether oxygens (including phenoxy) is 1. The van der Waals surface area contributed by atoms with Gasteiger partial charge in [-0.05, 0) is 49.6 Å². The summed E-state index contributed by atoms with van der Waals surface area (Å²) < 4.78 is 7.55. The fourth-order valence-corrected chi connectivity index (χ4v) is 4.30. The van der Waals surface area contributed by atoms with Gasteiger partial charge < -0.3 is 4.74 Å². The van der Waals surface area contributed by atoms with Crippen LogP contribution in [0.25, 0.3) is 0 Å². The summed E-state index contributed by atoms with van der Waals surface area (Å²) in [6, 6.07) is 3.99. The first-order valence-corrected chi connectivity index (χ1v) is 8.34. The monoisotopic (exact) mass is 306 g/mol. The Hall–Kier alpha value is -1.07. The Kier molecular flexibility index (Phi) is 4.22. The molecule has 1 aromatic heterocycles. The van der Waals surface area contributed by atoms with Gasteiger partial charge in [0.1, 0.15) is 5.78 Å². The highest BCUT2D eigenvalue weighted by molar-refractivity contribution is 7.97. The Balaban J connectivity index is 1.59. The summed E-state index contributed by atoms with van der Waals surface area (Å²) in [6.45, 7) is 4.14. The number of carbonyl (C=O) groups excluding carboxylic acids is 1. The van der Waals surface area contributed by atoms with Crippen LogP contribution in [0.4, 0.5) is 0 Å². The topological polar surface area (TPSA) is 42.4 Å². The lowest BCUT2D eigenvalue weighted by atomic mass is 9.77. The van der Waals surface area contributed by atoms with Crippen LogP contribution in [0.15, 0.2) is 17.0 Å². The molecule has 0 aromatic carbocycles. The Morgan fingerprint density at radius 3 is 2.62 bits per heavy atom. The molecule has 1 aliphatic carbocycles. The van der Waals surface area contributed by atoms with Crippen molar-refractivity contribution in [2.24, 2.45) is 5.41 Å². The molecular weight excluding hydrogens is 284 g/mol. The van der Waals surface area contributed by atoms with E-state index < -0.39 is 0 Å². The minimum absolute atomic E-state index is 0.321. The van der Waals surface area contributed by atoms with Crippen molar-refractivity contribution in [3.63, 3.8) is 0 Å². The average molecular weight is 306 g/mol. The largest absolute Gasteiger partial charge is 0.481 e. The van der Waals surface area contributed by atoms with Gasteiger partial charge in [-0.15, -0.1) is 0 Å². The Morgan fingerprint density at radius 2 is 2.05 bits per heavy atom. The highest BCUT2D eigenvalue weighted by Gasteiger charge is 2.40. The predicted octanol–water partition coefficient (Wildman–Crippen LogP) is 3.24. The second kappa shape index (κ2) is 5.97. The fourth-order valence-electron chi connectivity index (χ4n) is 3.35. The molecule has 2 aliphatic rings.